The van der Waals surface area contributed by atoms with Crippen molar-refractivity contribution in [3.8, 4) is 16.9 Å². The Labute approximate surface area is 221 Å². The highest BCUT2D eigenvalue weighted by atomic mass is 35.5. The van der Waals surface area contributed by atoms with Gasteiger partial charge in [0.1, 0.15) is 17.7 Å². The van der Waals surface area contributed by atoms with Crippen molar-refractivity contribution in [2.75, 3.05) is 25.4 Å². The summed E-state index contributed by atoms with van der Waals surface area (Å²) in [5.41, 5.74) is 10.0. The lowest BCUT2D eigenvalue weighted by molar-refractivity contribution is -0.116. The Morgan fingerprint density at radius 1 is 1.08 bits per heavy atom. The van der Waals surface area contributed by atoms with Crippen LogP contribution in [0.4, 0.5) is 5.82 Å². The zero-order valence-corrected chi connectivity index (χ0v) is 21.2. The summed E-state index contributed by atoms with van der Waals surface area (Å²) in [4.78, 5) is 31.0. The Hall–Kier alpha value is -3.84. The van der Waals surface area contributed by atoms with Crippen LogP contribution in [0.5, 0.6) is 5.75 Å². The van der Waals surface area contributed by atoms with Gasteiger partial charge in [0.05, 0.1) is 11.6 Å². The summed E-state index contributed by atoms with van der Waals surface area (Å²) in [5, 5.41) is 3.41. The molecule has 0 spiro atoms. The molecule has 190 valence electrons. The summed E-state index contributed by atoms with van der Waals surface area (Å²) in [6.45, 7) is 2.02. The molecule has 2 aromatic carbocycles. The number of rotatable bonds is 6. The van der Waals surface area contributed by atoms with E-state index in [1.807, 2.05) is 35.2 Å². The van der Waals surface area contributed by atoms with Crippen molar-refractivity contribution >= 4 is 35.3 Å². The molecule has 0 saturated carbocycles. The van der Waals surface area contributed by atoms with Crippen molar-refractivity contribution in [3.63, 3.8) is 0 Å². The first kappa shape index (κ1) is 24.8. The first-order valence-electron chi connectivity index (χ1n) is 12.5. The smallest absolute Gasteiger partial charge is 0.253 e. The van der Waals surface area contributed by atoms with Crippen molar-refractivity contribution in [2.45, 2.75) is 31.8 Å². The van der Waals surface area contributed by atoms with E-state index in [4.69, 9.17) is 22.1 Å². The predicted octanol–water partition coefficient (Wildman–Crippen LogP) is 4.74. The number of piperidine rings is 1. The van der Waals surface area contributed by atoms with Gasteiger partial charge in [0, 0.05) is 42.9 Å². The molecule has 3 aromatic rings. The summed E-state index contributed by atoms with van der Waals surface area (Å²) in [6.07, 6.45) is 8.52. The molecule has 1 atom stereocenters. The van der Waals surface area contributed by atoms with Gasteiger partial charge in [0.15, 0.2) is 0 Å². The molecule has 7 nitrogen and oxygen atoms in total. The third-order valence-electron chi connectivity index (χ3n) is 6.70. The number of halogens is 1. The third kappa shape index (κ3) is 5.94. The van der Waals surface area contributed by atoms with Gasteiger partial charge in [-0.3, -0.25) is 9.59 Å². The minimum Gasteiger partial charge on any atom is -0.486 e. The summed E-state index contributed by atoms with van der Waals surface area (Å²) in [5.74, 6) is 0.963. The van der Waals surface area contributed by atoms with Crippen molar-refractivity contribution in [2.24, 2.45) is 0 Å². The molecule has 1 saturated heterocycles. The van der Waals surface area contributed by atoms with Gasteiger partial charge in [0.2, 0.25) is 5.91 Å². The van der Waals surface area contributed by atoms with Crippen molar-refractivity contribution in [1.82, 2.24) is 15.2 Å². The maximum Gasteiger partial charge on any atom is 0.253 e. The number of carbonyl (C=O) groups is 2. The molecule has 2 aliphatic heterocycles. The number of hydrogen-bond acceptors (Lipinski definition) is 5. The van der Waals surface area contributed by atoms with Crippen LogP contribution in [0.1, 0.15) is 40.7 Å². The first-order valence-corrected chi connectivity index (χ1v) is 12.9. The first-order chi connectivity index (χ1) is 18.0. The van der Waals surface area contributed by atoms with E-state index in [0.717, 1.165) is 48.2 Å². The molecule has 0 radical (unpaired) electrons. The van der Waals surface area contributed by atoms with Gasteiger partial charge < -0.3 is 20.7 Å². The fourth-order valence-corrected chi connectivity index (χ4v) is 5.00. The van der Waals surface area contributed by atoms with E-state index in [1.165, 1.54) is 12.5 Å². The number of benzene rings is 2. The van der Waals surface area contributed by atoms with Crippen molar-refractivity contribution in [3.05, 3.63) is 82.5 Å². The van der Waals surface area contributed by atoms with E-state index in [9.17, 15) is 9.59 Å². The van der Waals surface area contributed by atoms with Gasteiger partial charge in [-0.25, -0.2) is 4.98 Å². The Morgan fingerprint density at radius 3 is 2.59 bits per heavy atom. The van der Waals surface area contributed by atoms with Crippen LogP contribution in [0.25, 0.3) is 17.2 Å². The number of anilines is 1. The SMILES string of the molecule is Nc1ccc(/C=C/C(=O)NCC2Cc3cc(-c4ccc(C(=O)N5CCCCC5)cc4)cc(Cl)c3O2)cn1. The third-order valence-corrected chi connectivity index (χ3v) is 6.98. The van der Waals surface area contributed by atoms with Gasteiger partial charge in [-0.05, 0) is 78.4 Å². The number of fused-ring (bicyclic) bond motifs is 1. The number of nitrogens with two attached hydrogens (primary N) is 1. The van der Waals surface area contributed by atoms with Gasteiger partial charge in [-0.15, -0.1) is 0 Å². The molecule has 0 bridgehead atoms. The number of hydrogen-bond donors (Lipinski definition) is 2. The second-order valence-corrected chi connectivity index (χ2v) is 9.82. The zero-order chi connectivity index (χ0) is 25.8. The van der Waals surface area contributed by atoms with Crippen LogP contribution in [0.2, 0.25) is 5.02 Å². The number of ether oxygens (including phenoxy) is 1. The van der Waals surface area contributed by atoms with E-state index in [0.29, 0.717) is 35.1 Å². The number of nitrogens with zero attached hydrogens (tertiary/aromatic N) is 2. The van der Waals surface area contributed by atoms with E-state index < -0.39 is 0 Å². The Bertz CT molecular complexity index is 1320. The minimum atomic E-state index is -0.220. The molecule has 0 aliphatic carbocycles. The molecule has 5 rings (SSSR count). The van der Waals surface area contributed by atoms with Gasteiger partial charge in [-0.1, -0.05) is 23.7 Å². The number of pyridine rings is 1. The number of amides is 2. The van der Waals surface area contributed by atoms with Gasteiger partial charge in [-0.2, -0.15) is 0 Å². The molecular formula is C29H29ClN4O3. The zero-order valence-electron chi connectivity index (χ0n) is 20.5. The van der Waals surface area contributed by atoms with Gasteiger partial charge >= 0.3 is 0 Å². The number of aromatic nitrogens is 1. The largest absolute Gasteiger partial charge is 0.486 e. The average Bonchev–Trinajstić information content (AvgIpc) is 3.35. The molecule has 1 fully saturated rings. The molecule has 3 heterocycles. The van der Waals surface area contributed by atoms with Crippen LogP contribution in [-0.2, 0) is 11.2 Å². The summed E-state index contributed by atoms with van der Waals surface area (Å²) in [7, 11) is 0. The summed E-state index contributed by atoms with van der Waals surface area (Å²) in [6, 6.07) is 15.1. The topological polar surface area (TPSA) is 97.5 Å². The lowest BCUT2D eigenvalue weighted by Crippen LogP contribution is -2.35. The van der Waals surface area contributed by atoms with E-state index in [1.54, 1.807) is 24.4 Å². The molecule has 8 heteroatoms. The predicted molar refractivity (Wildman–Crippen MR) is 145 cm³/mol. The average molecular weight is 517 g/mol. The normalized spacial score (nSPS) is 16.9. The van der Waals surface area contributed by atoms with Crippen LogP contribution in [0.15, 0.2) is 60.8 Å². The molecule has 2 aliphatic rings. The molecular weight excluding hydrogens is 488 g/mol. The Morgan fingerprint density at radius 2 is 1.86 bits per heavy atom. The number of nitrogen functional groups attached to an aromatic ring is 1. The standard InChI is InChI=1S/C29H29ClN4O3/c30-25-16-22(20-6-8-21(9-7-20)29(36)34-12-2-1-3-13-34)14-23-15-24(37-28(23)25)18-33-27(35)11-5-19-4-10-26(31)32-17-19/h4-11,14,16-17,24H,1-3,12-13,15,18H2,(H2,31,32)(H,33,35)/b11-5+. The molecule has 3 N–H and O–H groups in total. The molecule has 1 aromatic heterocycles. The quantitative estimate of drug-likeness (QED) is 0.461. The van der Waals surface area contributed by atoms with Gasteiger partial charge in [0.25, 0.3) is 5.91 Å². The molecule has 1 unspecified atom stereocenters. The Kier molecular flexibility index (Phi) is 7.42. The number of carbonyl (C=O) groups excluding carboxylic acids is 2. The van der Waals surface area contributed by atoms with Crippen LogP contribution in [0.3, 0.4) is 0 Å². The fraction of sp³-hybridized carbons (Fsp3) is 0.276. The van der Waals surface area contributed by atoms with Crippen LogP contribution < -0.4 is 15.8 Å². The van der Waals surface area contributed by atoms with Crippen molar-refractivity contribution < 1.29 is 14.3 Å². The maximum absolute atomic E-state index is 12.8. The van der Waals surface area contributed by atoms with Crippen LogP contribution >= 0.6 is 11.6 Å². The van der Waals surface area contributed by atoms with E-state index in [-0.39, 0.29) is 17.9 Å². The lowest BCUT2D eigenvalue weighted by Gasteiger charge is -2.26. The second-order valence-electron chi connectivity index (χ2n) is 9.42. The van der Waals surface area contributed by atoms with E-state index in [2.05, 4.69) is 16.4 Å². The monoisotopic (exact) mass is 516 g/mol. The fourth-order valence-electron chi connectivity index (χ4n) is 4.71. The van der Waals surface area contributed by atoms with Crippen LogP contribution in [-0.4, -0.2) is 47.4 Å². The molecule has 37 heavy (non-hydrogen) atoms. The highest BCUT2D eigenvalue weighted by Crippen LogP contribution is 2.39. The highest BCUT2D eigenvalue weighted by molar-refractivity contribution is 6.32. The number of likely N-dealkylation sites (tertiary alicyclic amines) is 1. The lowest BCUT2D eigenvalue weighted by atomic mass is 9.99. The highest BCUT2D eigenvalue weighted by Gasteiger charge is 2.26. The number of nitrogens with one attached hydrogen (secondary N) is 1. The minimum absolute atomic E-state index is 0.0940. The summed E-state index contributed by atoms with van der Waals surface area (Å²) < 4.78 is 6.03. The van der Waals surface area contributed by atoms with Crippen molar-refractivity contribution in [1.29, 1.82) is 0 Å². The summed E-state index contributed by atoms with van der Waals surface area (Å²) >= 11 is 6.57. The van der Waals surface area contributed by atoms with Crippen LogP contribution in [0, 0.1) is 0 Å². The maximum atomic E-state index is 12.8. The Balaban J connectivity index is 1.19. The molecule has 2 amide bonds. The second kappa shape index (κ2) is 11.0. The van der Waals surface area contributed by atoms with E-state index >= 15 is 0 Å².